The van der Waals surface area contributed by atoms with Gasteiger partial charge in [0, 0.05) is 49.6 Å². The van der Waals surface area contributed by atoms with Crippen molar-refractivity contribution < 1.29 is 13.2 Å². The van der Waals surface area contributed by atoms with E-state index in [4.69, 9.17) is 16.3 Å². The van der Waals surface area contributed by atoms with E-state index in [2.05, 4.69) is 14.9 Å². The molecule has 2 saturated heterocycles. The van der Waals surface area contributed by atoms with E-state index in [0.717, 1.165) is 24.2 Å². The van der Waals surface area contributed by atoms with Crippen molar-refractivity contribution in [3.8, 4) is 5.88 Å². The maximum Gasteiger partial charge on any atom is 0.243 e. The molecular formula is C21H25ClN4O3S. The lowest BCUT2D eigenvalue weighted by molar-refractivity contribution is 0.151. The molecule has 30 heavy (non-hydrogen) atoms. The van der Waals surface area contributed by atoms with E-state index in [-0.39, 0.29) is 17.0 Å². The Hall–Kier alpha value is -1.74. The topological polar surface area (TPSA) is 75.6 Å². The number of benzene rings is 1. The first-order chi connectivity index (χ1) is 14.4. The molecule has 2 aromatic rings. The van der Waals surface area contributed by atoms with E-state index >= 15 is 0 Å². The SMILES string of the molecule is Cc1ccc(S(=O)(=O)N2CCN3C[C@@H](Oc4cnc(C5CC5)cn4)C[C@H]3C2)cc1Cl. The summed E-state index contributed by atoms with van der Waals surface area (Å²) in [7, 11) is -3.56. The molecule has 160 valence electrons. The van der Waals surface area contributed by atoms with Crippen molar-refractivity contribution >= 4 is 21.6 Å². The van der Waals surface area contributed by atoms with Crippen LogP contribution in [0.2, 0.25) is 5.02 Å². The van der Waals surface area contributed by atoms with Crippen LogP contribution in [-0.2, 0) is 10.0 Å². The Morgan fingerprint density at radius 2 is 1.97 bits per heavy atom. The first-order valence-electron chi connectivity index (χ1n) is 10.4. The smallest absolute Gasteiger partial charge is 0.243 e. The number of fused-ring (bicyclic) bond motifs is 1. The normalized spacial score (nSPS) is 25.3. The number of halogens is 1. The molecule has 0 amide bonds. The van der Waals surface area contributed by atoms with Gasteiger partial charge in [0.1, 0.15) is 6.10 Å². The van der Waals surface area contributed by atoms with Crippen LogP contribution in [0.25, 0.3) is 0 Å². The van der Waals surface area contributed by atoms with Gasteiger partial charge in [0.2, 0.25) is 15.9 Å². The monoisotopic (exact) mass is 448 g/mol. The summed E-state index contributed by atoms with van der Waals surface area (Å²) in [6, 6.07) is 5.06. The maximum atomic E-state index is 13.1. The number of hydrogen-bond acceptors (Lipinski definition) is 6. The van der Waals surface area contributed by atoms with Crippen LogP contribution in [-0.4, -0.2) is 65.9 Å². The first kappa shape index (κ1) is 20.2. The van der Waals surface area contributed by atoms with Crippen molar-refractivity contribution in [2.24, 2.45) is 0 Å². The summed E-state index contributed by atoms with van der Waals surface area (Å²) < 4.78 is 33.8. The minimum absolute atomic E-state index is 0.00690. The predicted octanol–water partition coefficient (Wildman–Crippen LogP) is 2.84. The highest BCUT2D eigenvalue weighted by atomic mass is 35.5. The van der Waals surface area contributed by atoms with Gasteiger partial charge in [0.15, 0.2) is 0 Å². The third-order valence-electron chi connectivity index (χ3n) is 6.25. The van der Waals surface area contributed by atoms with Crippen molar-refractivity contribution in [2.45, 2.75) is 49.1 Å². The molecule has 5 rings (SSSR count). The molecule has 2 atom stereocenters. The van der Waals surface area contributed by atoms with Crippen LogP contribution in [0.5, 0.6) is 5.88 Å². The maximum absolute atomic E-state index is 13.1. The minimum Gasteiger partial charge on any atom is -0.472 e. The van der Waals surface area contributed by atoms with Gasteiger partial charge in [-0.1, -0.05) is 17.7 Å². The molecule has 0 N–H and O–H groups in total. The first-order valence-corrected chi connectivity index (χ1v) is 12.2. The van der Waals surface area contributed by atoms with Crippen molar-refractivity contribution in [3.05, 3.63) is 46.9 Å². The second-order valence-electron chi connectivity index (χ2n) is 8.45. The lowest BCUT2D eigenvalue weighted by Gasteiger charge is -2.36. The molecule has 1 aliphatic carbocycles. The zero-order valence-corrected chi connectivity index (χ0v) is 18.4. The highest BCUT2D eigenvalue weighted by Gasteiger charge is 2.41. The van der Waals surface area contributed by atoms with E-state index in [1.807, 2.05) is 13.1 Å². The van der Waals surface area contributed by atoms with E-state index in [1.165, 1.54) is 12.8 Å². The number of rotatable bonds is 5. The molecule has 3 aliphatic rings. The average Bonchev–Trinajstić information content (AvgIpc) is 3.50. The number of ether oxygens (including phenoxy) is 1. The summed E-state index contributed by atoms with van der Waals surface area (Å²) in [6.45, 7) is 4.25. The van der Waals surface area contributed by atoms with Crippen molar-refractivity contribution in [2.75, 3.05) is 26.2 Å². The largest absolute Gasteiger partial charge is 0.472 e. The molecular weight excluding hydrogens is 424 g/mol. The summed E-state index contributed by atoms with van der Waals surface area (Å²) in [5.74, 6) is 1.12. The number of aromatic nitrogens is 2. The van der Waals surface area contributed by atoms with Crippen LogP contribution in [0, 0.1) is 6.92 Å². The Morgan fingerprint density at radius 3 is 2.67 bits per heavy atom. The Morgan fingerprint density at radius 1 is 1.13 bits per heavy atom. The number of sulfonamides is 1. The van der Waals surface area contributed by atoms with Gasteiger partial charge < -0.3 is 4.74 Å². The molecule has 0 bridgehead atoms. The van der Waals surface area contributed by atoms with Crippen LogP contribution in [0.3, 0.4) is 0 Å². The van der Waals surface area contributed by atoms with E-state index in [0.29, 0.717) is 36.5 Å². The van der Waals surface area contributed by atoms with Gasteiger partial charge in [-0.15, -0.1) is 0 Å². The molecule has 3 heterocycles. The second-order valence-corrected chi connectivity index (χ2v) is 10.8. The van der Waals surface area contributed by atoms with Crippen LogP contribution in [0.1, 0.15) is 36.4 Å². The molecule has 1 saturated carbocycles. The lowest BCUT2D eigenvalue weighted by Crippen LogP contribution is -2.51. The molecule has 3 fully saturated rings. The van der Waals surface area contributed by atoms with E-state index in [9.17, 15) is 8.42 Å². The van der Waals surface area contributed by atoms with Gasteiger partial charge in [0.25, 0.3) is 0 Å². The predicted molar refractivity (Wildman–Crippen MR) is 113 cm³/mol. The van der Waals surface area contributed by atoms with Crippen molar-refractivity contribution in [1.29, 1.82) is 0 Å². The fourth-order valence-electron chi connectivity index (χ4n) is 4.30. The standard InChI is InChI=1S/C21H25ClN4O3S/c1-14-2-5-18(9-19(14)22)30(27,28)26-7-6-25-13-17(8-16(25)12-26)29-21-11-23-20(10-24-21)15-3-4-15/h2,5,9-11,15-17H,3-4,6-8,12-13H2,1H3/t16-,17-/m0/s1. The minimum atomic E-state index is -3.56. The number of nitrogens with zero attached hydrogens (tertiary/aromatic N) is 4. The fraction of sp³-hybridized carbons (Fsp3) is 0.524. The van der Waals surface area contributed by atoms with Crippen molar-refractivity contribution in [3.63, 3.8) is 0 Å². The van der Waals surface area contributed by atoms with Crippen LogP contribution in [0.4, 0.5) is 0 Å². The highest BCUT2D eigenvalue weighted by Crippen LogP contribution is 2.38. The number of aryl methyl sites for hydroxylation is 1. The molecule has 1 aromatic heterocycles. The van der Waals surface area contributed by atoms with Gasteiger partial charge in [0.05, 0.1) is 23.0 Å². The second kappa shape index (κ2) is 7.75. The lowest BCUT2D eigenvalue weighted by atomic mass is 10.2. The van der Waals surface area contributed by atoms with Crippen molar-refractivity contribution in [1.82, 2.24) is 19.2 Å². The van der Waals surface area contributed by atoms with Crippen LogP contribution < -0.4 is 4.74 Å². The molecule has 0 radical (unpaired) electrons. The third-order valence-corrected chi connectivity index (χ3v) is 8.52. The summed E-state index contributed by atoms with van der Waals surface area (Å²) in [6.07, 6.45) is 6.68. The zero-order chi connectivity index (χ0) is 20.9. The van der Waals surface area contributed by atoms with Crippen LogP contribution in [0.15, 0.2) is 35.5 Å². The summed E-state index contributed by atoms with van der Waals surface area (Å²) >= 11 is 6.16. The molecule has 2 aliphatic heterocycles. The van der Waals surface area contributed by atoms with Gasteiger partial charge in [-0.25, -0.2) is 13.4 Å². The summed E-state index contributed by atoms with van der Waals surface area (Å²) in [5, 5.41) is 0.470. The Labute approximate surface area is 182 Å². The van der Waals surface area contributed by atoms with Gasteiger partial charge in [-0.2, -0.15) is 4.31 Å². The van der Waals surface area contributed by atoms with E-state index in [1.54, 1.807) is 28.7 Å². The highest BCUT2D eigenvalue weighted by molar-refractivity contribution is 7.89. The van der Waals surface area contributed by atoms with Gasteiger partial charge in [-0.05, 0) is 37.5 Å². The zero-order valence-electron chi connectivity index (χ0n) is 16.9. The number of piperazine rings is 1. The molecule has 9 heteroatoms. The fourth-order valence-corrected chi connectivity index (χ4v) is 6.04. The molecule has 7 nitrogen and oxygen atoms in total. The van der Waals surface area contributed by atoms with Gasteiger partial charge in [-0.3, -0.25) is 9.88 Å². The Bertz CT molecular complexity index is 1040. The third kappa shape index (κ3) is 3.93. The number of hydrogen-bond donors (Lipinski definition) is 0. The average molecular weight is 449 g/mol. The quantitative estimate of drug-likeness (QED) is 0.700. The van der Waals surface area contributed by atoms with Crippen LogP contribution >= 0.6 is 11.6 Å². The Kier molecular flexibility index (Phi) is 5.21. The molecule has 0 unspecified atom stereocenters. The molecule has 1 aromatic carbocycles. The van der Waals surface area contributed by atoms with E-state index < -0.39 is 10.0 Å². The summed E-state index contributed by atoms with van der Waals surface area (Å²) in [5.41, 5.74) is 1.91. The van der Waals surface area contributed by atoms with Gasteiger partial charge >= 0.3 is 0 Å². The summed E-state index contributed by atoms with van der Waals surface area (Å²) in [4.78, 5) is 11.4. The molecule has 0 spiro atoms. The Balaban J connectivity index is 1.23.